The third kappa shape index (κ3) is 4.40. The maximum Gasteiger partial charge on any atom is 0.274 e. The molecule has 0 aliphatic heterocycles. The number of halogens is 1. The molecule has 1 aromatic heterocycles. The van der Waals surface area contributed by atoms with Crippen LogP contribution in [0.15, 0.2) is 64.5 Å². The molecule has 10 heteroatoms. The molecule has 0 aliphatic rings. The van der Waals surface area contributed by atoms with Gasteiger partial charge in [-0.3, -0.25) is 24.3 Å². The summed E-state index contributed by atoms with van der Waals surface area (Å²) in [5.41, 5.74) is 8.22. The van der Waals surface area contributed by atoms with Crippen LogP contribution < -0.4 is 11.3 Å². The number of amides is 1. The highest BCUT2D eigenvalue weighted by atomic mass is 35.5. The second-order valence-corrected chi connectivity index (χ2v) is 9.05. The van der Waals surface area contributed by atoms with E-state index in [9.17, 15) is 19.7 Å². The second kappa shape index (κ2) is 9.28. The van der Waals surface area contributed by atoms with E-state index in [-0.39, 0.29) is 22.6 Å². The molecule has 8 nitrogen and oxygen atoms in total. The number of carbonyl (C=O) groups excluding carboxylic acids is 1. The summed E-state index contributed by atoms with van der Waals surface area (Å²) < 4.78 is 1.52. The highest BCUT2D eigenvalue weighted by Gasteiger charge is 2.20. The van der Waals surface area contributed by atoms with Crippen molar-refractivity contribution < 1.29 is 9.72 Å². The van der Waals surface area contributed by atoms with Crippen LogP contribution >= 0.6 is 23.4 Å². The molecule has 0 fully saturated rings. The number of rotatable bonds is 6. The maximum atomic E-state index is 13.5. The topological polar surface area (TPSA) is 121 Å². The second-order valence-electron chi connectivity index (χ2n) is 7.67. The van der Waals surface area contributed by atoms with E-state index in [0.29, 0.717) is 32.3 Å². The van der Waals surface area contributed by atoms with E-state index in [1.165, 1.54) is 28.5 Å². The number of aryl methyl sites for hydroxylation is 1. The number of hydrogen-bond donors (Lipinski definition) is 1. The van der Waals surface area contributed by atoms with Gasteiger partial charge in [0, 0.05) is 28.0 Å². The van der Waals surface area contributed by atoms with E-state index in [2.05, 4.69) is 4.98 Å². The van der Waals surface area contributed by atoms with Crippen molar-refractivity contribution in [2.24, 2.45) is 5.73 Å². The minimum atomic E-state index is -0.751. The molecule has 0 aliphatic carbocycles. The Balaban J connectivity index is 1.87. The van der Waals surface area contributed by atoms with Crippen molar-refractivity contribution in [2.45, 2.75) is 24.8 Å². The number of hydrogen-bond acceptors (Lipinski definition) is 6. The zero-order valence-corrected chi connectivity index (χ0v) is 19.8. The van der Waals surface area contributed by atoms with Gasteiger partial charge in [0.1, 0.15) is 0 Å². The molecule has 34 heavy (non-hydrogen) atoms. The van der Waals surface area contributed by atoms with Crippen molar-refractivity contribution in [3.63, 3.8) is 0 Å². The van der Waals surface area contributed by atoms with E-state index in [0.717, 1.165) is 17.2 Å². The summed E-state index contributed by atoms with van der Waals surface area (Å²) in [7, 11) is 0. The van der Waals surface area contributed by atoms with Gasteiger partial charge in [0.15, 0.2) is 5.16 Å². The van der Waals surface area contributed by atoms with Crippen molar-refractivity contribution in [3.05, 3.63) is 102 Å². The summed E-state index contributed by atoms with van der Waals surface area (Å²) in [5.74, 6) is -0.613. The van der Waals surface area contributed by atoms with Crippen molar-refractivity contribution in [2.75, 3.05) is 0 Å². The van der Waals surface area contributed by atoms with Crippen LogP contribution in [0.3, 0.4) is 0 Å². The average molecular weight is 495 g/mol. The molecule has 4 aromatic rings. The van der Waals surface area contributed by atoms with Crippen LogP contribution in [0.4, 0.5) is 5.69 Å². The fraction of sp³-hybridized carbons (Fsp3) is 0.125. The molecule has 3 aromatic carbocycles. The Morgan fingerprint density at radius 2 is 1.94 bits per heavy atom. The maximum absolute atomic E-state index is 13.5. The molecule has 0 saturated heterocycles. The Kier molecular flexibility index (Phi) is 6.41. The zero-order chi connectivity index (χ0) is 24.6. The van der Waals surface area contributed by atoms with Crippen LogP contribution in [-0.2, 0) is 5.75 Å². The van der Waals surface area contributed by atoms with Crippen LogP contribution in [0.5, 0.6) is 0 Å². The SMILES string of the molecule is Cc1cccc(-n2c(SCc3ccc(C(N)=O)cc3[N+](=O)[O-])nc3cc(Cl)ccc3c2=O)c1C. The molecular weight excluding hydrogens is 476 g/mol. The van der Waals surface area contributed by atoms with Crippen LogP contribution in [0.1, 0.15) is 27.0 Å². The summed E-state index contributed by atoms with van der Waals surface area (Å²) >= 11 is 7.31. The summed E-state index contributed by atoms with van der Waals surface area (Å²) in [5, 5.41) is 12.8. The van der Waals surface area contributed by atoms with Crippen molar-refractivity contribution in [1.29, 1.82) is 0 Å². The monoisotopic (exact) mass is 494 g/mol. The lowest BCUT2D eigenvalue weighted by molar-refractivity contribution is -0.385. The van der Waals surface area contributed by atoms with E-state index < -0.39 is 10.8 Å². The van der Waals surface area contributed by atoms with Gasteiger partial charge in [0.2, 0.25) is 5.91 Å². The number of nitro benzene ring substituents is 1. The smallest absolute Gasteiger partial charge is 0.274 e. The van der Waals surface area contributed by atoms with Crippen molar-refractivity contribution >= 4 is 45.9 Å². The lowest BCUT2D eigenvalue weighted by Gasteiger charge is -2.16. The highest BCUT2D eigenvalue weighted by molar-refractivity contribution is 7.98. The van der Waals surface area contributed by atoms with Crippen LogP contribution in [0.2, 0.25) is 5.02 Å². The molecule has 0 spiro atoms. The molecule has 0 radical (unpaired) electrons. The largest absolute Gasteiger partial charge is 0.366 e. The van der Waals surface area contributed by atoms with Crippen molar-refractivity contribution in [3.8, 4) is 5.69 Å². The Bertz CT molecular complexity index is 1530. The Morgan fingerprint density at radius 3 is 2.65 bits per heavy atom. The summed E-state index contributed by atoms with van der Waals surface area (Å²) in [6.07, 6.45) is 0. The highest BCUT2D eigenvalue weighted by Crippen LogP contribution is 2.31. The van der Waals surface area contributed by atoms with Gasteiger partial charge in [0.25, 0.3) is 11.2 Å². The molecule has 1 heterocycles. The Hall–Kier alpha value is -3.69. The van der Waals surface area contributed by atoms with E-state index in [1.54, 1.807) is 18.2 Å². The molecule has 0 unspecified atom stereocenters. The first-order chi connectivity index (χ1) is 16.2. The molecule has 2 N–H and O–H groups in total. The molecule has 4 rings (SSSR count). The fourth-order valence-electron chi connectivity index (χ4n) is 3.58. The quantitative estimate of drug-likeness (QED) is 0.175. The van der Waals surface area contributed by atoms with Gasteiger partial charge in [-0.05, 0) is 55.3 Å². The minimum absolute atomic E-state index is 0.0474. The standard InChI is InChI=1S/C24H19ClN4O4S/c1-13-4-3-5-20(14(13)2)28-23(31)18-9-8-17(25)11-19(18)27-24(28)34-12-16-7-6-15(22(26)30)10-21(16)29(32)33/h3-11H,12H2,1-2H3,(H2,26,30). The first-order valence-corrected chi connectivity index (χ1v) is 11.5. The third-order valence-electron chi connectivity index (χ3n) is 5.54. The normalized spacial score (nSPS) is 11.0. The van der Waals surface area contributed by atoms with Crippen molar-refractivity contribution in [1.82, 2.24) is 9.55 Å². The van der Waals surface area contributed by atoms with E-state index in [4.69, 9.17) is 17.3 Å². The first-order valence-electron chi connectivity index (χ1n) is 10.2. The number of thioether (sulfide) groups is 1. The van der Waals surface area contributed by atoms with Gasteiger partial charge in [-0.1, -0.05) is 41.6 Å². The zero-order valence-electron chi connectivity index (χ0n) is 18.2. The van der Waals surface area contributed by atoms with E-state index >= 15 is 0 Å². The number of primary amides is 1. The van der Waals surface area contributed by atoms with Gasteiger partial charge in [-0.15, -0.1) is 0 Å². The summed E-state index contributed by atoms with van der Waals surface area (Å²) in [6.45, 7) is 3.87. The van der Waals surface area contributed by atoms with E-state index in [1.807, 2.05) is 32.0 Å². The fourth-order valence-corrected chi connectivity index (χ4v) is 4.75. The number of nitro groups is 1. The predicted molar refractivity (Wildman–Crippen MR) is 133 cm³/mol. The molecular formula is C24H19ClN4O4S. The van der Waals surface area contributed by atoms with Gasteiger partial charge in [0.05, 0.1) is 21.5 Å². The van der Waals surface area contributed by atoms with Gasteiger partial charge in [-0.2, -0.15) is 0 Å². The number of nitrogens with zero attached hydrogens (tertiary/aromatic N) is 3. The minimum Gasteiger partial charge on any atom is -0.366 e. The molecule has 1 amide bonds. The molecule has 0 atom stereocenters. The summed E-state index contributed by atoms with van der Waals surface area (Å²) in [4.78, 5) is 40.7. The Morgan fingerprint density at radius 1 is 1.18 bits per heavy atom. The number of nitrogens with two attached hydrogens (primary N) is 1. The lowest BCUT2D eigenvalue weighted by atomic mass is 10.1. The van der Waals surface area contributed by atoms with Crippen LogP contribution in [0, 0.1) is 24.0 Å². The summed E-state index contributed by atoms with van der Waals surface area (Å²) in [6, 6.07) is 14.6. The number of fused-ring (bicyclic) bond motifs is 1. The van der Waals surface area contributed by atoms with Crippen LogP contribution in [0.25, 0.3) is 16.6 Å². The van der Waals surface area contributed by atoms with Gasteiger partial charge >= 0.3 is 0 Å². The number of carbonyl (C=O) groups is 1. The number of benzene rings is 3. The molecule has 0 saturated carbocycles. The van der Waals surface area contributed by atoms with Crippen LogP contribution in [-0.4, -0.2) is 20.4 Å². The molecule has 0 bridgehead atoms. The third-order valence-corrected chi connectivity index (χ3v) is 6.76. The predicted octanol–water partition coefficient (Wildman–Crippen LogP) is 4.96. The lowest BCUT2D eigenvalue weighted by Crippen LogP contribution is -2.22. The molecule has 172 valence electrons. The number of aromatic nitrogens is 2. The Labute approximate surface area is 203 Å². The van der Waals surface area contributed by atoms with Gasteiger partial charge < -0.3 is 5.73 Å². The average Bonchev–Trinajstić information content (AvgIpc) is 2.79. The first kappa shape index (κ1) is 23.5. The van der Waals surface area contributed by atoms with Gasteiger partial charge in [-0.25, -0.2) is 4.98 Å².